The molecule has 106 valence electrons. The molecule has 0 aromatic heterocycles. The van der Waals surface area contributed by atoms with E-state index in [0.29, 0.717) is 5.69 Å². The fourth-order valence-corrected chi connectivity index (χ4v) is 1.65. The molecule has 1 amide bonds. The molecular formula is C13H12F2N2O3. The van der Waals surface area contributed by atoms with Crippen LogP contribution >= 0.6 is 0 Å². The zero-order valence-corrected chi connectivity index (χ0v) is 10.6. The zero-order valence-electron chi connectivity index (χ0n) is 10.6. The molecule has 1 aromatic rings. The van der Waals surface area contributed by atoms with E-state index >= 15 is 0 Å². The number of nitrogens with one attached hydrogen (secondary N) is 2. The third-order valence-electron chi connectivity index (χ3n) is 2.54. The standard InChI is InChI=1S/C13H12F2N2O3/c1-3-6-16-12(18)8(2)17-9-4-5-10-11(7-9)20-13(14,15)19-10/h1,4-5,7-8,17H,6H2,2H3,(H,16,18). The van der Waals surface area contributed by atoms with Crippen molar-refractivity contribution in [2.75, 3.05) is 11.9 Å². The molecule has 5 nitrogen and oxygen atoms in total. The Morgan fingerprint density at radius 1 is 1.45 bits per heavy atom. The van der Waals surface area contributed by atoms with E-state index in [-0.39, 0.29) is 24.0 Å². The maximum absolute atomic E-state index is 12.9. The smallest absolute Gasteiger partial charge is 0.395 e. The van der Waals surface area contributed by atoms with Gasteiger partial charge in [-0.25, -0.2) is 0 Å². The summed E-state index contributed by atoms with van der Waals surface area (Å²) in [5.41, 5.74) is 0.452. The first-order valence-corrected chi connectivity index (χ1v) is 5.79. The number of halogens is 2. The Labute approximate surface area is 114 Å². The second kappa shape index (κ2) is 5.25. The highest BCUT2D eigenvalue weighted by atomic mass is 19.3. The van der Waals surface area contributed by atoms with E-state index in [0.717, 1.165) is 0 Å². The average molecular weight is 282 g/mol. The summed E-state index contributed by atoms with van der Waals surface area (Å²) in [7, 11) is 0. The van der Waals surface area contributed by atoms with Crippen LogP contribution in [0, 0.1) is 12.3 Å². The molecule has 0 radical (unpaired) electrons. The van der Waals surface area contributed by atoms with Gasteiger partial charge < -0.3 is 20.1 Å². The lowest BCUT2D eigenvalue weighted by Crippen LogP contribution is -2.37. The van der Waals surface area contributed by atoms with E-state index in [1.54, 1.807) is 6.92 Å². The van der Waals surface area contributed by atoms with Crippen LogP contribution in [0.3, 0.4) is 0 Å². The summed E-state index contributed by atoms with van der Waals surface area (Å²) < 4.78 is 34.3. The molecule has 2 rings (SSSR count). The Morgan fingerprint density at radius 3 is 2.85 bits per heavy atom. The number of hydrogen-bond donors (Lipinski definition) is 2. The molecule has 0 bridgehead atoms. The summed E-state index contributed by atoms with van der Waals surface area (Å²) in [5.74, 6) is 1.84. The molecule has 0 fully saturated rings. The number of carbonyl (C=O) groups excluding carboxylic acids is 1. The van der Waals surface area contributed by atoms with Crippen LogP contribution in [0.1, 0.15) is 6.92 Å². The van der Waals surface area contributed by atoms with Crippen LogP contribution in [0.25, 0.3) is 0 Å². The summed E-state index contributed by atoms with van der Waals surface area (Å²) in [4.78, 5) is 11.6. The second-order valence-electron chi connectivity index (χ2n) is 4.12. The minimum absolute atomic E-state index is 0.0509. The normalized spacial score (nSPS) is 16.1. The van der Waals surface area contributed by atoms with Crippen LogP contribution < -0.4 is 20.1 Å². The van der Waals surface area contributed by atoms with Crippen molar-refractivity contribution in [3.8, 4) is 23.8 Å². The lowest BCUT2D eigenvalue weighted by Gasteiger charge is -2.14. The fourth-order valence-electron chi connectivity index (χ4n) is 1.65. The number of fused-ring (bicyclic) bond motifs is 1. The molecule has 20 heavy (non-hydrogen) atoms. The van der Waals surface area contributed by atoms with Gasteiger partial charge in [-0.15, -0.1) is 15.2 Å². The Hall–Kier alpha value is -2.49. The van der Waals surface area contributed by atoms with Gasteiger partial charge in [-0.2, -0.15) is 0 Å². The quantitative estimate of drug-likeness (QED) is 0.823. The predicted molar refractivity (Wildman–Crippen MR) is 67.6 cm³/mol. The summed E-state index contributed by atoms with van der Waals surface area (Å²) in [6.45, 7) is 1.74. The minimum atomic E-state index is -3.66. The van der Waals surface area contributed by atoms with Gasteiger partial charge in [0, 0.05) is 11.8 Å². The highest BCUT2D eigenvalue weighted by Gasteiger charge is 2.43. The number of carbonyl (C=O) groups is 1. The second-order valence-corrected chi connectivity index (χ2v) is 4.12. The topological polar surface area (TPSA) is 59.6 Å². The van der Waals surface area contributed by atoms with Gasteiger partial charge in [0.2, 0.25) is 5.91 Å². The highest BCUT2D eigenvalue weighted by molar-refractivity contribution is 5.84. The van der Waals surface area contributed by atoms with Crippen molar-refractivity contribution in [3.63, 3.8) is 0 Å². The fraction of sp³-hybridized carbons (Fsp3) is 0.308. The van der Waals surface area contributed by atoms with Gasteiger partial charge >= 0.3 is 6.29 Å². The highest BCUT2D eigenvalue weighted by Crippen LogP contribution is 2.42. The van der Waals surface area contributed by atoms with E-state index < -0.39 is 12.3 Å². The monoisotopic (exact) mass is 282 g/mol. The van der Waals surface area contributed by atoms with Gasteiger partial charge in [0.05, 0.1) is 6.54 Å². The number of anilines is 1. The number of alkyl halides is 2. The molecule has 0 saturated heterocycles. The molecule has 0 aliphatic carbocycles. The summed E-state index contributed by atoms with van der Waals surface area (Å²) in [6, 6.07) is 3.60. The SMILES string of the molecule is C#CCNC(=O)C(C)Nc1ccc2c(c1)OC(F)(F)O2. The molecule has 1 aromatic carbocycles. The van der Waals surface area contributed by atoms with Crippen molar-refractivity contribution in [1.29, 1.82) is 0 Å². The van der Waals surface area contributed by atoms with Crippen molar-refractivity contribution in [1.82, 2.24) is 5.32 Å². The maximum Gasteiger partial charge on any atom is 0.586 e. The van der Waals surface area contributed by atoms with Crippen LogP contribution in [0.4, 0.5) is 14.5 Å². The van der Waals surface area contributed by atoms with Gasteiger partial charge in [0.1, 0.15) is 6.04 Å². The maximum atomic E-state index is 12.9. The van der Waals surface area contributed by atoms with E-state index in [1.807, 2.05) is 0 Å². The number of rotatable bonds is 4. The van der Waals surface area contributed by atoms with E-state index in [1.165, 1.54) is 18.2 Å². The van der Waals surface area contributed by atoms with Crippen molar-refractivity contribution >= 4 is 11.6 Å². The van der Waals surface area contributed by atoms with Gasteiger partial charge in [-0.05, 0) is 19.1 Å². The van der Waals surface area contributed by atoms with Crippen LogP contribution in [0.5, 0.6) is 11.5 Å². The molecule has 0 spiro atoms. The van der Waals surface area contributed by atoms with Gasteiger partial charge in [0.25, 0.3) is 0 Å². The molecule has 1 aliphatic heterocycles. The Balaban J connectivity index is 2.02. The first-order chi connectivity index (χ1) is 9.41. The minimum Gasteiger partial charge on any atom is -0.395 e. The van der Waals surface area contributed by atoms with Crippen LogP contribution in [0.15, 0.2) is 18.2 Å². The lowest BCUT2D eigenvalue weighted by molar-refractivity contribution is -0.286. The van der Waals surface area contributed by atoms with Gasteiger partial charge in [-0.1, -0.05) is 5.92 Å². The van der Waals surface area contributed by atoms with Gasteiger partial charge in [-0.3, -0.25) is 4.79 Å². The molecule has 1 unspecified atom stereocenters. The zero-order chi connectivity index (χ0) is 14.8. The Kier molecular flexibility index (Phi) is 3.66. The first kappa shape index (κ1) is 13.9. The third kappa shape index (κ3) is 3.09. The molecule has 2 N–H and O–H groups in total. The number of terminal acetylenes is 1. The van der Waals surface area contributed by atoms with E-state index in [9.17, 15) is 13.6 Å². The van der Waals surface area contributed by atoms with E-state index in [4.69, 9.17) is 6.42 Å². The Morgan fingerprint density at radius 2 is 2.15 bits per heavy atom. The molecule has 1 atom stereocenters. The number of amides is 1. The Bertz CT molecular complexity index is 569. The number of benzene rings is 1. The summed E-state index contributed by atoms with van der Waals surface area (Å²) >= 11 is 0. The van der Waals surface area contributed by atoms with Crippen molar-refractivity contribution in [3.05, 3.63) is 18.2 Å². The molecule has 1 heterocycles. The van der Waals surface area contributed by atoms with Crippen molar-refractivity contribution < 1.29 is 23.0 Å². The molecule has 0 saturated carbocycles. The lowest BCUT2D eigenvalue weighted by atomic mass is 10.2. The van der Waals surface area contributed by atoms with Crippen LogP contribution in [-0.4, -0.2) is 24.8 Å². The number of hydrogen-bond acceptors (Lipinski definition) is 4. The first-order valence-electron chi connectivity index (χ1n) is 5.79. The van der Waals surface area contributed by atoms with Gasteiger partial charge in [0.15, 0.2) is 11.5 Å². The van der Waals surface area contributed by atoms with Crippen LogP contribution in [-0.2, 0) is 4.79 Å². The largest absolute Gasteiger partial charge is 0.586 e. The van der Waals surface area contributed by atoms with Crippen molar-refractivity contribution in [2.45, 2.75) is 19.3 Å². The molecule has 7 heteroatoms. The number of ether oxygens (including phenoxy) is 2. The third-order valence-corrected chi connectivity index (χ3v) is 2.54. The molecule has 1 aliphatic rings. The van der Waals surface area contributed by atoms with Crippen LogP contribution in [0.2, 0.25) is 0 Å². The predicted octanol–water partition coefficient (Wildman–Crippen LogP) is 1.56. The average Bonchev–Trinajstić information content (AvgIpc) is 2.68. The molecular weight excluding hydrogens is 270 g/mol. The van der Waals surface area contributed by atoms with E-state index in [2.05, 4.69) is 26.0 Å². The summed E-state index contributed by atoms with van der Waals surface area (Å²) in [6.07, 6.45) is 1.37. The van der Waals surface area contributed by atoms with Crippen molar-refractivity contribution in [2.24, 2.45) is 0 Å². The summed E-state index contributed by atoms with van der Waals surface area (Å²) in [5, 5.41) is 5.35.